The van der Waals surface area contributed by atoms with E-state index in [1.165, 1.54) is 0 Å². The van der Waals surface area contributed by atoms with Gasteiger partial charge in [0, 0.05) is 0 Å². The fourth-order valence-electron chi connectivity index (χ4n) is 0.253. The van der Waals surface area contributed by atoms with E-state index in [2.05, 4.69) is 0 Å². The van der Waals surface area contributed by atoms with Gasteiger partial charge in [0.2, 0.25) is 0 Å². The lowest BCUT2D eigenvalue weighted by Crippen LogP contribution is -2.22. The van der Waals surface area contributed by atoms with Crippen LogP contribution in [0.4, 0.5) is 0 Å². The number of hydrogen-bond acceptors (Lipinski definition) is 3. The average molecular weight is 136 g/mol. The van der Waals surface area contributed by atoms with Gasteiger partial charge in [-0.05, 0) is 0 Å². The fourth-order valence-corrected chi connectivity index (χ4v) is 0.253. The Hall–Kier alpha value is -1.10. The molecule has 9 heavy (non-hydrogen) atoms. The molecule has 3 N–H and O–H groups in total. The summed E-state index contributed by atoms with van der Waals surface area (Å²) in [7, 11) is 0. The average Bonchev–Trinajstić information content (AvgIpc) is 1.63. The molecule has 0 saturated heterocycles. The van der Waals surface area contributed by atoms with Gasteiger partial charge in [-0.25, -0.2) is 4.79 Å². The summed E-state index contributed by atoms with van der Waals surface area (Å²) in [6.45, 7) is 0. The maximum absolute atomic E-state index is 9.72. The molecule has 0 aliphatic heterocycles. The number of carbonyl (C=O) groups is 2. The highest BCUT2D eigenvalue weighted by Crippen LogP contribution is 1.89. The van der Waals surface area contributed by atoms with Gasteiger partial charge in [0.25, 0.3) is 0 Å². The lowest BCUT2D eigenvalue weighted by atomic mass is 10.6. The molecule has 52 valence electrons. The minimum absolute atomic E-state index is 0.755. The van der Waals surface area contributed by atoms with Crippen LogP contribution in [0.2, 0.25) is 0 Å². The van der Waals surface area contributed by atoms with E-state index in [1.807, 2.05) is 0 Å². The number of aliphatic carboxylic acids is 2. The summed E-state index contributed by atoms with van der Waals surface area (Å²) in [6, 6.07) is 0. The Morgan fingerprint density at radius 3 is 1.89 bits per heavy atom. The van der Waals surface area contributed by atoms with Crippen LogP contribution < -0.4 is 0 Å². The molecule has 0 aromatic carbocycles. The van der Waals surface area contributed by atoms with Gasteiger partial charge < -0.3 is 15.3 Å². The number of carboxylic acids is 2. The number of carboxylic acid groups (broad SMARTS) is 2. The molecular weight excluding hydrogens is 130 g/mol. The first-order chi connectivity index (χ1) is 4.04. The first-order valence-corrected chi connectivity index (χ1v) is 2.16. The molecule has 0 radical (unpaired) electrons. The topological polar surface area (TPSA) is 94.8 Å². The van der Waals surface area contributed by atoms with Crippen LogP contribution in [-0.4, -0.2) is 33.4 Å². The minimum atomic E-state index is -1.79. The molecule has 0 fully saturated rings. The van der Waals surface area contributed by atoms with Gasteiger partial charge in [-0.15, -0.1) is 0 Å². The molecule has 0 aliphatic rings. The lowest BCUT2D eigenvalue weighted by Gasteiger charge is -1.97. The molecule has 0 aromatic heterocycles. The zero-order chi connectivity index (χ0) is 7.44. The van der Waals surface area contributed by atoms with Gasteiger partial charge in [0.05, 0.1) is 6.42 Å². The van der Waals surface area contributed by atoms with Crippen LogP contribution in [0.5, 0.6) is 0 Å². The lowest BCUT2D eigenvalue weighted by molar-refractivity contribution is -0.152. The highest BCUT2D eigenvalue weighted by atomic mass is 16.5. The summed E-state index contributed by atoms with van der Waals surface area (Å²) in [5.41, 5.74) is 0. The van der Waals surface area contributed by atoms with Crippen LogP contribution in [0.15, 0.2) is 0 Å². The van der Waals surface area contributed by atoms with Crippen LogP contribution in [0.25, 0.3) is 0 Å². The molecule has 0 rings (SSSR count). The summed E-state index contributed by atoms with van der Waals surface area (Å²) in [6.07, 6.45) is -2.54. The SMILES string of the molecule is O=C(O)C[13CH](O)[13C](=O)O. The molecule has 1 unspecified atom stereocenters. The first-order valence-electron chi connectivity index (χ1n) is 2.16. The summed E-state index contributed by atoms with van der Waals surface area (Å²) >= 11 is 0. The molecule has 5 nitrogen and oxygen atoms in total. The van der Waals surface area contributed by atoms with Crippen LogP contribution in [0, 0.1) is 0 Å². The number of hydrogen-bond donors (Lipinski definition) is 3. The van der Waals surface area contributed by atoms with Crippen molar-refractivity contribution in [2.45, 2.75) is 12.5 Å². The Labute approximate surface area is 50.5 Å². The van der Waals surface area contributed by atoms with Crippen molar-refractivity contribution < 1.29 is 24.9 Å². The Balaban J connectivity index is 3.63. The molecule has 0 spiro atoms. The number of rotatable bonds is 3. The van der Waals surface area contributed by atoms with Crippen LogP contribution >= 0.6 is 0 Å². The second-order valence-electron chi connectivity index (χ2n) is 1.45. The van der Waals surface area contributed by atoms with Gasteiger partial charge >= 0.3 is 11.9 Å². The Bertz CT molecular complexity index is 129. The first kappa shape index (κ1) is 7.90. The van der Waals surface area contributed by atoms with E-state index in [1.54, 1.807) is 0 Å². The smallest absolute Gasteiger partial charge is 0.333 e. The maximum atomic E-state index is 9.72. The molecule has 0 amide bonds. The zero-order valence-electron chi connectivity index (χ0n) is 4.44. The summed E-state index contributed by atoms with van der Waals surface area (Å²) < 4.78 is 0. The van der Waals surface area contributed by atoms with E-state index in [0.29, 0.717) is 0 Å². The molecule has 0 bridgehead atoms. The van der Waals surface area contributed by atoms with Crippen molar-refractivity contribution in [1.29, 1.82) is 0 Å². The molecular formula is C4H6O5. The van der Waals surface area contributed by atoms with E-state index in [-0.39, 0.29) is 0 Å². The van der Waals surface area contributed by atoms with Gasteiger partial charge in [0.1, 0.15) is 0 Å². The highest BCUT2D eigenvalue weighted by molar-refractivity contribution is 5.79. The normalized spacial score (nSPS) is 12.6. The largest absolute Gasteiger partial charge is 0.481 e. The van der Waals surface area contributed by atoms with E-state index >= 15 is 0 Å². The third kappa shape index (κ3) is 3.48. The van der Waals surface area contributed by atoms with Crippen molar-refractivity contribution in [2.24, 2.45) is 0 Å². The van der Waals surface area contributed by atoms with E-state index in [0.717, 1.165) is 0 Å². The summed E-state index contributed by atoms with van der Waals surface area (Å²) in [5, 5.41) is 24.1. The third-order valence-electron chi connectivity index (χ3n) is 0.653. The standard InChI is InChI=1S/C4H6O5/c5-2(4(8)9)1-3(6)7/h2,5H,1H2,(H,6,7)(H,8,9)/i2+1,4+1. The Kier molecular flexibility index (Phi) is 2.66. The second kappa shape index (κ2) is 3.03. The monoisotopic (exact) mass is 136 g/mol. The predicted octanol–water partition coefficient (Wildman–Crippen LogP) is -1.09. The predicted molar refractivity (Wildman–Crippen MR) is 25.9 cm³/mol. The van der Waals surface area contributed by atoms with Gasteiger partial charge in [-0.1, -0.05) is 0 Å². The van der Waals surface area contributed by atoms with E-state index in [9.17, 15) is 9.59 Å². The summed E-state index contributed by atoms with van der Waals surface area (Å²) in [5.74, 6) is -2.85. The minimum Gasteiger partial charge on any atom is -0.481 e. The van der Waals surface area contributed by atoms with Gasteiger partial charge in [0.15, 0.2) is 6.10 Å². The number of aliphatic hydroxyl groups excluding tert-OH is 1. The van der Waals surface area contributed by atoms with Gasteiger partial charge in [-0.3, -0.25) is 4.79 Å². The molecule has 0 heterocycles. The van der Waals surface area contributed by atoms with Crippen molar-refractivity contribution in [1.82, 2.24) is 0 Å². The zero-order valence-corrected chi connectivity index (χ0v) is 4.44. The van der Waals surface area contributed by atoms with Crippen molar-refractivity contribution in [3.63, 3.8) is 0 Å². The van der Waals surface area contributed by atoms with Crippen LogP contribution in [0.3, 0.4) is 0 Å². The molecule has 0 aromatic rings. The van der Waals surface area contributed by atoms with Crippen molar-refractivity contribution >= 4 is 11.9 Å². The second-order valence-corrected chi connectivity index (χ2v) is 1.45. The van der Waals surface area contributed by atoms with Crippen LogP contribution in [0.1, 0.15) is 6.42 Å². The molecule has 0 aliphatic carbocycles. The molecule has 1 atom stereocenters. The number of aliphatic hydroxyl groups is 1. The van der Waals surface area contributed by atoms with E-state index in [4.69, 9.17) is 15.3 Å². The fraction of sp³-hybridized carbons (Fsp3) is 0.500. The quantitative estimate of drug-likeness (QED) is 0.428. The Morgan fingerprint density at radius 1 is 1.33 bits per heavy atom. The maximum Gasteiger partial charge on any atom is 0.333 e. The summed E-state index contributed by atoms with van der Waals surface area (Å²) in [4.78, 5) is 19.4. The molecule has 5 heteroatoms. The Morgan fingerprint density at radius 2 is 1.78 bits per heavy atom. The highest BCUT2D eigenvalue weighted by Gasteiger charge is 2.16. The molecule has 0 saturated carbocycles. The van der Waals surface area contributed by atoms with Gasteiger partial charge in [-0.2, -0.15) is 0 Å². The van der Waals surface area contributed by atoms with Crippen LogP contribution in [-0.2, 0) is 9.59 Å². The van der Waals surface area contributed by atoms with Crippen molar-refractivity contribution in [2.75, 3.05) is 0 Å². The van der Waals surface area contributed by atoms with Crippen molar-refractivity contribution in [3.8, 4) is 0 Å². The third-order valence-corrected chi connectivity index (χ3v) is 0.653. The van der Waals surface area contributed by atoms with E-state index < -0.39 is 24.5 Å². The van der Waals surface area contributed by atoms with Crippen molar-refractivity contribution in [3.05, 3.63) is 0 Å².